The number of rotatable bonds is 4. The lowest BCUT2D eigenvalue weighted by atomic mass is 10.1. The number of nitrogens with zero attached hydrogens (tertiary/aromatic N) is 1. The van der Waals surface area contributed by atoms with E-state index in [1.165, 1.54) is 5.56 Å². The van der Waals surface area contributed by atoms with E-state index in [2.05, 4.69) is 10.3 Å². The lowest BCUT2D eigenvalue weighted by Gasteiger charge is -2.09. The first-order valence-electron chi connectivity index (χ1n) is 6.71. The molecule has 3 rings (SSSR count). The maximum Gasteiger partial charge on any atom is 0.0761 e. The molecule has 0 aliphatic rings. The van der Waals surface area contributed by atoms with Gasteiger partial charge in [-0.25, -0.2) is 0 Å². The van der Waals surface area contributed by atoms with Crippen molar-refractivity contribution in [1.82, 2.24) is 10.3 Å². The summed E-state index contributed by atoms with van der Waals surface area (Å²) in [5.41, 5.74) is 3.29. The van der Waals surface area contributed by atoms with Crippen LogP contribution in [0.4, 0.5) is 0 Å². The van der Waals surface area contributed by atoms with Gasteiger partial charge in [0.15, 0.2) is 0 Å². The van der Waals surface area contributed by atoms with Gasteiger partial charge in [0.25, 0.3) is 0 Å². The molecular weight excluding hydrogens is 303 g/mol. The highest BCUT2D eigenvalue weighted by Gasteiger charge is 2.05. The largest absolute Gasteiger partial charge is 0.309 e. The van der Waals surface area contributed by atoms with E-state index in [4.69, 9.17) is 23.2 Å². The molecule has 21 heavy (non-hydrogen) atoms. The summed E-state index contributed by atoms with van der Waals surface area (Å²) in [6.07, 6.45) is 1.79. The van der Waals surface area contributed by atoms with Crippen molar-refractivity contribution < 1.29 is 0 Å². The standard InChI is InChI=1S/C17H14Cl2N2/c18-14-6-3-12(4-7-14)10-20-11-13-5-8-16(19)15-2-1-9-21-17(13)15/h1-9,20H,10-11H2. The summed E-state index contributed by atoms with van der Waals surface area (Å²) in [7, 11) is 0. The van der Waals surface area contributed by atoms with Gasteiger partial charge in [0, 0.05) is 34.7 Å². The molecule has 0 bridgehead atoms. The average molecular weight is 317 g/mol. The third-order valence-electron chi connectivity index (χ3n) is 3.36. The number of aromatic nitrogens is 1. The molecule has 0 fully saturated rings. The predicted octanol–water partition coefficient (Wildman–Crippen LogP) is 4.83. The molecule has 1 N–H and O–H groups in total. The van der Waals surface area contributed by atoms with E-state index in [0.717, 1.165) is 39.6 Å². The molecule has 0 aliphatic carbocycles. The van der Waals surface area contributed by atoms with Gasteiger partial charge >= 0.3 is 0 Å². The molecule has 0 saturated heterocycles. The molecule has 0 amide bonds. The number of hydrogen-bond acceptors (Lipinski definition) is 2. The van der Waals surface area contributed by atoms with Crippen molar-refractivity contribution >= 4 is 34.1 Å². The first-order valence-corrected chi connectivity index (χ1v) is 7.47. The highest BCUT2D eigenvalue weighted by molar-refractivity contribution is 6.35. The van der Waals surface area contributed by atoms with Crippen LogP contribution in [0.25, 0.3) is 10.9 Å². The Hall–Kier alpha value is -1.61. The Balaban J connectivity index is 1.74. The van der Waals surface area contributed by atoms with Gasteiger partial charge in [0.05, 0.1) is 5.52 Å². The van der Waals surface area contributed by atoms with E-state index in [0.29, 0.717) is 0 Å². The van der Waals surface area contributed by atoms with Crippen LogP contribution in [-0.4, -0.2) is 4.98 Å². The van der Waals surface area contributed by atoms with Crippen molar-refractivity contribution in [2.75, 3.05) is 0 Å². The van der Waals surface area contributed by atoms with E-state index < -0.39 is 0 Å². The number of halogens is 2. The Kier molecular flexibility index (Phi) is 4.39. The molecule has 106 valence electrons. The van der Waals surface area contributed by atoms with Crippen LogP contribution < -0.4 is 5.32 Å². The number of fused-ring (bicyclic) bond motifs is 1. The first-order chi connectivity index (χ1) is 10.2. The van der Waals surface area contributed by atoms with Crippen LogP contribution in [0.1, 0.15) is 11.1 Å². The second-order valence-corrected chi connectivity index (χ2v) is 5.68. The fourth-order valence-electron chi connectivity index (χ4n) is 2.28. The molecule has 2 nitrogen and oxygen atoms in total. The smallest absolute Gasteiger partial charge is 0.0761 e. The van der Waals surface area contributed by atoms with Crippen LogP contribution in [-0.2, 0) is 13.1 Å². The molecule has 4 heteroatoms. The Morgan fingerprint density at radius 3 is 2.52 bits per heavy atom. The molecule has 0 spiro atoms. The maximum absolute atomic E-state index is 6.20. The predicted molar refractivity (Wildman–Crippen MR) is 88.7 cm³/mol. The normalized spacial score (nSPS) is 11.0. The Bertz CT molecular complexity index is 754. The van der Waals surface area contributed by atoms with Gasteiger partial charge in [-0.1, -0.05) is 41.4 Å². The van der Waals surface area contributed by atoms with Crippen LogP contribution in [0.5, 0.6) is 0 Å². The van der Waals surface area contributed by atoms with E-state index in [9.17, 15) is 0 Å². The number of hydrogen-bond donors (Lipinski definition) is 1. The SMILES string of the molecule is Clc1ccc(CNCc2ccc(Cl)c3cccnc23)cc1. The van der Waals surface area contributed by atoms with Gasteiger partial charge < -0.3 is 5.32 Å². The fraction of sp³-hybridized carbons (Fsp3) is 0.118. The van der Waals surface area contributed by atoms with Gasteiger partial charge in [0.1, 0.15) is 0 Å². The Labute approximate surface area is 133 Å². The van der Waals surface area contributed by atoms with Crippen molar-refractivity contribution in [3.8, 4) is 0 Å². The zero-order chi connectivity index (χ0) is 14.7. The second-order valence-electron chi connectivity index (χ2n) is 4.84. The second kappa shape index (κ2) is 6.44. The van der Waals surface area contributed by atoms with Gasteiger partial charge in [-0.3, -0.25) is 4.98 Å². The van der Waals surface area contributed by atoms with Crippen LogP contribution >= 0.6 is 23.2 Å². The van der Waals surface area contributed by atoms with Crippen molar-refractivity contribution in [3.63, 3.8) is 0 Å². The molecule has 3 aromatic rings. The maximum atomic E-state index is 6.20. The number of benzene rings is 2. The quantitative estimate of drug-likeness (QED) is 0.745. The highest BCUT2D eigenvalue weighted by Crippen LogP contribution is 2.24. The molecule has 1 heterocycles. The topological polar surface area (TPSA) is 24.9 Å². The summed E-state index contributed by atoms with van der Waals surface area (Å²) in [6.45, 7) is 1.53. The monoisotopic (exact) mass is 316 g/mol. The summed E-state index contributed by atoms with van der Waals surface area (Å²) < 4.78 is 0. The minimum atomic E-state index is 0.736. The molecule has 0 radical (unpaired) electrons. The van der Waals surface area contributed by atoms with Crippen LogP contribution in [0.2, 0.25) is 10.0 Å². The van der Waals surface area contributed by atoms with Crippen LogP contribution in [0.15, 0.2) is 54.7 Å². The number of nitrogens with one attached hydrogen (secondary N) is 1. The van der Waals surface area contributed by atoms with Crippen molar-refractivity contribution in [2.45, 2.75) is 13.1 Å². The molecule has 0 aliphatic heterocycles. The van der Waals surface area contributed by atoms with Gasteiger partial charge in [0.2, 0.25) is 0 Å². The Morgan fingerprint density at radius 1 is 0.905 bits per heavy atom. The summed E-state index contributed by atoms with van der Waals surface area (Å²) in [5.74, 6) is 0. The van der Waals surface area contributed by atoms with Crippen molar-refractivity contribution in [3.05, 3.63) is 75.9 Å². The minimum Gasteiger partial charge on any atom is -0.309 e. The van der Waals surface area contributed by atoms with Crippen LogP contribution in [0, 0.1) is 0 Å². The summed E-state index contributed by atoms with van der Waals surface area (Å²) in [4.78, 5) is 4.44. The zero-order valence-corrected chi connectivity index (χ0v) is 12.8. The molecule has 0 unspecified atom stereocenters. The molecular formula is C17H14Cl2N2. The minimum absolute atomic E-state index is 0.736. The highest BCUT2D eigenvalue weighted by atomic mass is 35.5. The Morgan fingerprint density at radius 2 is 1.71 bits per heavy atom. The first kappa shape index (κ1) is 14.3. The average Bonchev–Trinajstić information content (AvgIpc) is 2.52. The van der Waals surface area contributed by atoms with E-state index in [1.807, 2.05) is 48.5 Å². The third-order valence-corrected chi connectivity index (χ3v) is 3.94. The van der Waals surface area contributed by atoms with Gasteiger partial charge in [-0.2, -0.15) is 0 Å². The van der Waals surface area contributed by atoms with Crippen LogP contribution in [0.3, 0.4) is 0 Å². The fourth-order valence-corrected chi connectivity index (χ4v) is 2.62. The van der Waals surface area contributed by atoms with E-state index >= 15 is 0 Å². The van der Waals surface area contributed by atoms with E-state index in [1.54, 1.807) is 6.20 Å². The summed E-state index contributed by atoms with van der Waals surface area (Å²) in [6, 6.07) is 15.7. The van der Waals surface area contributed by atoms with Crippen molar-refractivity contribution in [2.24, 2.45) is 0 Å². The summed E-state index contributed by atoms with van der Waals surface area (Å²) in [5, 5.41) is 5.91. The molecule has 1 aromatic heterocycles. The molecule has 0 atom stereocenters. The lowest BCUT2D eigenvalue weighted by molar-refractivity contribution is 0.696. The van der Waals surface area contributed by atoms with Gasteiger partial charge in [-0.15, -0.1) is 0 Å². The summed E-state index contributed by atoms with van der Waals surface area (Å²) >= 11 is 12.1. The molecule has 2 aromatic carbocycles. The third kappa shape index (κ3) is 3.35. The lowest BCUT2D eigenvalue weighted by Crippen LogP contribution is -2.13. The number of pyridine rings is 1. The van der Waals surface area contributed by atoms with Crippen molar-refractivity contribution in [1.29, 1.82) is 0 Å². The molecule has 0 saturated carbocycles. The van der Waals surface area contributed by atoms with Gasteiger partial charge in [-0.05, 0) is 41.5 Å². The zero-order valence-electron chi connectivity index (χ0n) is 11.3. The van der Waals surface area contributed by atoms with E-state index in [-0.39, 0.29) is 0 Å².